The number of rotatable bonds is 1. The molecule has 4 aromatic rings. The number of aromatic nitrogens is 3. The van der Waals surface area contributed by atoms with Gasteiger partial charge in [-0.25, -0.2) is 4.98 Å². The topological polar surface area (TPSA) is 54.5 Å². The second-order valence-corrected chi connectivity index (χ2v) is 5.83. The summed E-state index contributed by atoms with van der Waals surface area (Å²) in [6, 6.07) is 13.7. The summed E-state index contributed by atoms with van der Waals surface area (Å²) in [6.07, 6.45) is 5.38. The summed E-state index contributed by atoms with van der Waals surface area (Å²) in [5.74, 6) is 0. The molecule has 0 aliphatic rings. The number of fused-ring (bicyclic) bond motifs is 3. The Morgan fingerprint density at radius 2 is 2.00 bits per heavy atom. The Hall–Kier alpha value is -2.71. The molecule has 0 fully saturated rings. The average Bonchev–Trinajstić information content (AvgIpc) is 2.89. The minimum atomic E-state index is 0.601. The molecule has 104 valence electrons. The Morgan fingerprint density at radius 3 is 2.86 bits per heavy atom. The lowest BCUT2D eigenvalue weighted by molar-refractivity contribution is 1.13. The van der Waals surface area contributed by atoms with E-state index >= 15 is 0 Å². The van der Waals surface area contributed by atoms with Gasteiger partial charge in [0.05, 0.1) is 22.8 Å². The first-order chi connectivity index (χ1) is 10.8. The van der Waals surface area contributed by atoms with Crippen molar-refractivity contribution in [3.05, 3.63) is 65.0 Å². The number of nitrogens with zero attached hydrogens (tertiary/aromatic N) is 4. The van der Waals surface area contributed by atoms with E-state index in [1.54, 1.807) is 18.5 Å². The zero-order valence-corrected chi connectivity index (χ0v) is 12.9. The molecular formula is C17H9BrN4. The third-order valence-electron chi connectivity index (χ3n) is 3.60. The molecule has 0 saturated heterocycles. The SMILES string of the molecule is N#Cc1cc(Br)cc(-n2c3ccncc3c3cccnc32)c1. The quantitative estimate of drug-likeness (QED) is 0.517. The zero-order chi connectivity index (χ0) is 15.1. The van der Waals surface area contributed by atoms with Gasteiger partial charge in [-0.3, -0.25) is 9.55 Å². The van der Waals surface area contributed by atoms with Crippen molar-refractivity contribution in [1.82, 2.24) is 14.5 Å². The summed E-state index contributed by atoms with van der Waals surface area (Å²) in [5, 5.41) is 11.3. The van der Waals surface area contributed by atoms with Crippen LogP contribution in [0.2, 0.25) is 0 Å². The van der Waals surface area contributed by atoms with E-state index in [1.165, 1.54) is 0 Å². The fourth-order valence-corrected chi connectivity index (χ4v) is 3.20. The molecule has 0 aliphatic heterocycles. The van der Waals surface area contributed by atoms with Gasteiger partial charge in [-0.15, -0.1) is 0 Å². The van der Waals surface area contributed by atoms with Gasteiger partial charge in [0.25, 0.3) is 0 Å². The lowest BCUT2D eigenvalue weighted by Gasteiger charge is -2.08. The predicted molar refractivity (Wildman–Crippen MR) is 88.8 cm³/mol. The molecule has 3 aromatic heterocycles. The summed E-state index contributed by atoms with van der Waals surface area (Å²) >= 11 is 3.47. The van der Waals surface area contributed by atoms with Crippen LogP contribution < -0.4 is 0 Å². The molecule has 0 aliphatic carbocycles. The largest absolute Gasteiger partial charge is 0.294 e. The van der Waals surface area contributed by atoms with Gasteiger partial charge in [0.2, 0.25) is 0 Å². The molecule has 4 rings (SSSR count). The molecule has 22 heavy (non-hydrogen) atoms. The molecule has 4 nitrogen and oxygen atoms in total. The van der Waals surface area contributed by atoms with Gasteiger partial charge in [-0.05, 0) is 36.4 Å². The van der Waals surface area contributed by atoms with E-state index in [4.69, 9.17) is 0 Å². The summed E-state index contributed by atoms with van der Waals surface area (Å²) in [7, 11) is 0. The predicted octanol–water partition coefficient (Wildman–Crippen LogP) is 4.21. The van der Waals surface area contributed by atoms with Gasteiger partial charge in [0.15, 0.2) is 0 Å². The number of halogens is 1. The van der Waals surface area contributed by atoms with Crippen LogP contribution in [0.15, 0.2) is 59.5 Å². The highest BCUT2D eigenvalue weighted by Crippen LogP contribution is 2.31. The standard InChI is InChI=1S/C17H9BrN4/c18-12-6-11(9-19)7-13(8-12)22-16-3-5-20-10-15(16)14-2-1-4-21-17(14)22/h1-8,10H. The highest BCUT2D eigenvalue weighted by Gasteiger charge is 2.13. The molecule has 0 saturated carbocycles. The molecule has 5 heteroatoms. The van der Waals surface area contributed by atoms with Crippen molar-refractivity contribution in [3.63, 3.8) is 0 Å². The third-order valence-corrected chi connectivity index (χ3v) is 4.06. The normalized spacial score (nSPS) is 10.9. The monoisotopic (exact) mass is 348 g/mol. The summed E-state index contributed by atoms with van der Waals surface area (Å²) in [4.78, 5) is 8.74. The van der Waals surface area contributed by atoms with Crippen LogP contribution in [0.5, 0.6) is 0 Å². The Labute approximate surface area is 134 Å². The van der Waals surface area contributed by atoms with E-state index in [0.29, 0.717) is 5.56 Å². The van der Waals surface area contributed by atoms with E-state index in [-0.39, 0.29) is 0 Å². The average molecular weight is 349 g/mol. The van der Waals surface area contributed by atoms with E-state index in [2.05, 4.69) is 36.5 Å². The third kappa shape index (κ3) is 1.89. The summed E-state index contributed by atoms with van der Waals surface area (Å²) in [6.45, 7) is 0. The fraction of sp³-hybridized carbons (Fsp3) is 0. The second-order valence-electron chi connectivity index (χ2n) is 4.91. The number of pyridine rings is 2. The highest BCUT2D eigenvalue weighted by atomic mass is 79.9. The minimum Gasteiger partial charge on any atom is -0.294 e. The van der Waals surface area contributed by atoms with E-state index < -0.39 is 0 Å². The first kappa shape index (κ1) is 13.0. The molecule has 1 aromatic carbocycles. The molecule has 0 amide bonds. The van der Waals surface area contributed by atoms with Crippen LogP contribution in [-0.4, -0.2) is 14.5 Å². The maximum atomic E-state index is 9.20. The Balaban J connectivity index is 2.18. The van der Waals surface area contributed by atoms with Crippen LogP contribution >= 0.6 is 15.9 Å². The maximum Gasteiger partial charge on any atom is 0.145 e. The highest BCUT2D eigenvalue weighted by molar-refractivity contribution is 9.10. The Bertz CT molecular complexity index is 1010. The van der Waals surface area contributed by atoms with Crippen molar-refractivity contribution in [2.75, 3.05) is 0 Å². The number of hydrogen-bond acceptors (Lipinski definition) is 3. The van der Waals surface area contributed by atoms with Crippen LogP contribution in [-0.2, 0) is 0 Å². The summed E-state index contributed by atoms with van der Waals surface area (Å²) in [5.41, 5.74) is 3.37. The van der Waals surface area contributed by atoms with Crippen molar-refractivity contribution in [2.24, 2.45) is 0 Å². The smallest absolute Gasteiger partial charge is 0.145 e. The van der Waals surface area contributed by atoms with Gasteiger partial charge < -0.3 is 0 Å². The van der Waals surface area contributed by atoms with Crippen molar-refractivity contribution < 1.29 is 0 Å². The lowest BCUT2D eigenvalue weighted by Crippen LogP contribution is -1.96. The number of hydrogen-bond donors (Lipinski definition) is 0. The molecule has 3 heterocycles. The van der Waals surface area contributed by atoms with Gasteiger partial charge >= 0.3 is 0 Å². The fourth-order valence-electron chi connectivity index (χ4n) is 2.72. The van der Waals surface area contributed by atoms with Crippen LogP contribution in [0.1, 0.15) is 5.56 Å². The van der Waals surface area contributed by atoms with Gasteiger partial charge in [0, 0.05) is 33.8 Å². The zero-order valence-electron chi connectivity index (χ0n) is 11.4. The van der Waals surface area contributed by atoms with Crippen molar-refractivity contribution in [2.45, 2.75) is 0 Å². The Morgan fingerprint density at radius 1 is 1.09 bits per heavy atom. The molecule has 0 N–H and O–H groups in total. The Kier molecular flexibility index (Phi) is 2.91. The van der Waals surface area contributed by atoms with Crippen molar-refractivity contribution >= 4 is 37.9 Å². The minimum absolute atomic E-state index is 0.601. The summed E-state index contributed by atoms with van der Waals surface area (Å²) < 4.78 is 2.92. The van der Waals surface area contributed by atoms with Crippen LogP contribution in [0.3, 0.4) is 0 Å². The number of nitriles is 1. The van der Waals surface area contributed by atoms with Crippen molar-refractivity contribution in [3.8, 4) is 11.8 Å². The number of benzene rings is 1. The van der Waals surface area contributed by atoms with E-state index in [0.717, 1.165) is 32.1 Å². The molecule has 0 radical (unpaired) electrons. The first-order valence-electron chi connectivity index (χ1n) is 6.68. The molecule has 0 spiro atoms. The molecule has 0 bridgehead atoms. The molecular weight excluding hydrogens is 340 g/mol. The van der Waals surface area contributed by atoms with Crippen LogP contribution in [0.25, 0.3) is 27.6 Å². The first-order valence-corrected chi connectivity index (χ1v) is 7.47. The van der Waals surface area contributed by atoms with E-state index in [9.17, 15) is 5.26 Å². The van der Waals surface area contributed by atoms with E-state index in [1.807, 2.05) is 36.5 Å². The van der Waals surface area contributed by atoms with Crippen LogP contribution in [0.4, 0.5) is 0 Å². The maximum absolute atomic E-state index is 9.20. The van der Waals surface area contributed by atoms with Gasteiger partial charge in [-0.1, -0.05) is 15.9 Å². The van der Waals surface area contributed by atoms with Crippen LogP contribution in [0, 0.1) is 11.3 Å². The van der Waals surface area contributed by atoms with Gasteiger partial charge in [-0.2, -0.15) is 5.26 Å². The van der Waals surface area contributed by atoms with Crippen molar-refractivity contribution in [1.29, 1.82) is 5.26 Å². The van der Waals surface area contributed by atoms with Gasteiger partial charge in [0.1, 0.15) is 5.65 Å². The molecule has 0 unspecified atom stereocenters. The second kappa shape index (κ2) is 4.93. The molecule has 0 atom stereocenters. The lowest BCUT2D eigenvalue weighted by atomic mass is 10.2.